The maximum absolute atomic E-state index is 10.7. The minimum absolute atomic E-state index is 0.00842. The van der Waals surface area contributed by atoms with E-state index in [1.165, 1.54) is 5.56 Å². The molecule has 0 radical (unpaired) electrons. The van der Waals surface area contributed by atoms with Crippen molar-refractivity contribution in [3.05, 3.63) is 35.4 Å². The van der Waals surface area contributed by atoms with Gasteiger partial charge in [0, 0.05) is 11.2 Å². The van der Waals surface area contributed by atoms with Crippen molar-refractivity contribution < 1.29 is 4.79 Å². The van der Waals surface area contributed by atoms with Crippen LogP contribution < -0.4 is 0 Å². The topological polar surface area (TPSA) is 17.1 Å². The Morgan fingerprint density at radius 1 is 1.38 bits per heavy atom. The highest BCUT2D eigenvalue weighted by atomic mass is 79.9. The van der Waals surface area contributed by atoms with E-state index in [4.69, 9.17) is 0 Å². The van der Waals surface area contributed by atoms with Crippen LogP contribution in [0.4, 0.5) is 0 Å². The van der Waals surface area contributed by atoms with E-state index in [2.05, 4.69) is 35.0 Å². The summed E-state index contributed by atoms with van der Waals surface area (Å²) in [6.45, 7) is 2.12. The number of aryl methyl sites for hydroxylation is 1. The normalized spacial score (nSPS) is 12.5. The first kappa shape index (κ1) is 10.5. The SMILES string of the molecule is CCc1ccc(C(C=O)CBr)cc1. The molecule has 2 heteroatoms. The fraction of sp³-hybridized carbons (Fsp3) is 0.364. The lowest BCUT2D eigenvalue weighted by atomic mass is 10.0. The van der Waals surface area contributed by atoms with Crippen molar-refractivity contribution in [3.63, 3.8) is 0 Å². The van der Waals surface area contributed by atoms with Crippen LogP contribution in [-0.2, 0) is 11.2 Å². The summed E-state index contributed by atoms with van der Waals surface area (Å²) in [4.78, 5) is 10.7. The van der Waals surface area contributed by atoms with Gasteiger partial charge < -0.3 is 4.79 Å². The molecule has 1 unspecified atom stereocenters. The third kappa shape index (κ3) is 2.66. The Kier molecular flexibility index (Phi) is 4.16. The van der Waals surface area contributed by atoms with Crippen LogP contribution in [0.1, 0.15) is 24.0 Å². The average Bonchev–Trinajstić information content (AvgIpc) is 2.21. The van der Waals surface area contributed by atoms with Gasteiger partial charge in [0.1, 0.15) is 6.29 Å². The third-order valence-corrected chi connectivity index (χ3v) is 2.84. The van der Waals surface area contributed by atoms with Gasteiger partial charge in [0.05, 0.1) is 0 Å². The Labute approximate surface area is 87.3 Å². The summed E-state index contributed by atoms with van der Waals surface area (Å²) in [5.41, 5.74) is 2.40. The van der Waals surface area contributed by atoms with Crippen LogP contribution in [0.5, 0.6) is 0 Å². The number of carbonyl (C=O) groups is 1. The fourth-order valence-corrected chi connectivity index (χ4v) is 1.73. The van der Waals surface area contributed by atoms with Gasteiger partial charge in [0.15, 0.2) is 0 Å². The molecule has 0 fully saturated rings. The summed E-state index contributed by atoms with van der Waals surface area (Å²) < 4.78 is 0. The molecule has 1 aromatic rings. The maximum atomic E-state index is 10.7. The number of hydrogen-bond donors (Lipinski definition) is 0. The van der Waals surface area contributed by atoms with Crippen LogP contribution in [0.25, 0.3) is 0 Å². The Balaban J connectivity index is 2.83. The second-order valence-electron chi connectivity index (χ2n) is 2.99. The number of hydrogen-bond acceptors (Lipinski definition) is 1. The zero-order chi connectivity index (χ0) is 9.68. The highest BCUT2D eigenvalue weighted by Gasteiger charge is 2.07. The Morgan fingerprint density at radius 3 is 2.38 bits per heavy atom. The van der Waals surface area contributed by atoms with Gasteiger partial charge >= 0.3 is 0 Å². The Bertz CT molecular complexity index is 266. The van der Waals surface area contributed by atoms with Gasteiger partial charge in [-0.25, -0.2) is 0 Å². The monoisotopic (exact) mass is 240 g/mol. The van der Waals surface area contributed by atoms with Gasteiger partial charge in [-0.1, -0.05) is 47.1 Å². The molecule has 1 nitrogen and oxygen atoms in total. The summed E-state index contributed by atoms with van der Waals surface area (Å²) in [6.07, 6.45) is 2.02. The van der Waals surface area contributed by atoms with Crippen molar-refractivity contribution >= 4 is 22.2 Å². The van der Waals surface area contributed by atoms with E-state index in [1.54, 1.807) is 0 Å². The molecule has 0 aliphatic heterocycles. The highest BCUT2D eigenvalue weighted by molar-refractivity contribution is 9.09. The number of halogens is 1. The van der Waals surface area contributed by atoms with Crippen LogP contribution >= 0.6 is 15.9 Å². The zero-order valence-corrected chi connectivity index (χ0v) is 9.25. The summed E-state index contributed by atoms with van der Waals surface area (Å²) in [5, 5.41) is 0.696. The van der Waals surface area contributed by atoms with E-state index in [-0.39, 0.29) is 5.92 Å². The molecule has 1 rings (SSSR count). The molecule has 0 aliphatic carbocycles. The molecular formula is C11H13BrO. The van der Waals surface area contributed by atoms with Crippen LogP contribution in [-0.4, -0.2) is 11.6 Å². The first-order chi connectivity index (χ1) is 6.31. The Morgan fingerprint density at radius 2 is 2.00 bits per heavy atom. The largest absolute Gasteiger partial charge is 0.303 e. The van der Waals surface area contributed by atoms with Gasteiger partial charge in [-0.2, -0.15) is 0 Å². The maximum Gasteiger partial charge on any atom is 0.128 e. The molecular weight excluding hydrogens is 228 g/mol. The molecule has 0 aliphatic rings. The number of aldehydes is 1. The van der Waals surface area contributed by atoms with E-state index >= 15 is 0 Å². The molecule has 0 aromatic heterocycles. The third-order valence-electron chi connectivity index (χ3n) is 2.15. The molecule has 0 N–H and O–H groups in total. The summed E-state index contributed by atoms with van der Waals surface area (Å²) in [6, 6.07) is 8.21. The van der Waals surface area contributed by atoms with Crippen LogP contribution in [0.15, 0.2) is 24.3 Å². The lowest BCUT2D eigenvalue weighted by Crippen LogP contribution is -2.01. The highest BCUT2D eigenvalue weighted by Crippen LogP contribution is 2.16. The van der Waals surface area contributed by atoms with E-state index in [1.807, 2.05) is 12.1 Å². The minimum atomic E-state index is -0.00842. The molecule has 13 heavy (non-hydrogen) atoms. The number of carbonyl (C=O) groups excluding carboxylic acids is 1. The number of rotatable bonds is 4. The molecule has 0 spiro atoms. The molecule has 1 aromatic carbocycles. The number of alkyl halides is 1. The lowest BCUT2D eigenvalue weighted by Gasteiger charge is -2.06. The van der Waals surface area contributed by atoms with E-state index in [0.717, 1.165) is 18.3 Å². The lowest BCUT2D eigenvalue weighted by molar-refractivity contribution is -0.108. The first-order valence-electron chi connectivity index (χ1n) is 4.42. The first-order valence-corrected chi connectivity index (χ1v) is 5.54. The van der Waals surface area contributed by atoms with Crippen LogP contribution in [0.3, 0.4) is 0 Å². The zero-order valence-electron chi connectivity index (χ0n) is 7.66. The predicted octanol–water partition coefficient (Wildman–Crippen LogP) is 2.93. The van der Waals surface area contributed by atoms with Crippen LogP contribution in [0.2, 0.25) is 0 Å². The summed E-state index contributed by atoms with van der Waals surface area (Å²) in [5.74, 6) is -0.00842. The summed E-state index contributed by atoms with van der Waals surface area (Å²) in [7, 11) is 0. The van der Waals surface area contributed by atoms with Gasteiger partial charge in [-0.05, 0) is 17.5 Å². The van der Waals surface area contributed by atoms with Crippen molar-refractivity contribution in [2.24, 2.45) is 0 Å². The number of benzene rings is 1. The van der Waals surface area contributed by atoms with Crippen LogP contribution in [0, 0.1) is 0 Å². The quantitative estimate of drug-likeness (QED) is 0.585. The average molecular weight is 241 g/mol. The molecule has 0 heterocycles. The van der Waals surface area contributed by atoms with Gasteiger partial charge in [-0.15, -0.1) is 0 Å². The summed E-state index contributed by atoms with van der Waals surface area (Å²) >= 11 is 3.32. The van der Waals surface area contributed by atoms with E-state index in [0.29, 0.717) is 5.33 Å². The molecule has 0 bridgehead atoms. The standard InChI is InChI=1S/C11H13BrO/c1-2-9-3-5-10(6-4-9)11(7-12)8-13/h3-6,8,11H,2,7H2,1H3. The smallest absolute Gasteiger partial charge is 0.128 e. The fourth-order valence-electron chi connectivity index (χ4n) is 1.20. The predicted molar refractivity (Wildman–Crippen MR) is 58.4 cm³/mol. The van der Waals surface area contributed by atoms with Crippen molar-refractivity contribution in [1.29, 1.82) is 0 Å². The minimum Gasteiger partial charge on any atom is -0.303 e. The van der Waals surface area contributed by atoms with E-state index < -0.39 is 0 Å². The second-order valence-corrected chi connectivity index (χ2v) is 3.64. The van der Waals surface area contributed by atoms with Crippen molar-refractivity contribution in [3.8, 4) is 0 Å². The van der Waals surface area contributed by atoms with Crippen molar-refractivity contribution in [1.82, 2.24) is 0 Å². The molecule has 0 saturated carbocycles. The Hall–Kier alpha value is -0.630. The van der Waals surface area contributed by atoms with Gasteiger partial charge in [-0.3, -0.25) is 0 Å². The second kappa shape index (κ2) is 5.18. The van der Waals surface area contributed by atoms with E-state index in [9.17, 15) is 4.79 Å². The van der Waals surface area contributed by atoms with Gasteiger partial charge in [0.2, 0.25) is 0 Å². The molecule has 0 amide bonds. The van der Waals surface area contributed by atoms with Crippen molar-refractivity contribution in [2.75, 3.05) is 5.33 Å². The molecule has 0 saturated heterocycles. The van der Waals surface area contributed by atoms with Crippen molar-refractivity contribution in [2.45, 2.75) is 19.3 Å². The molecule has 70 valence electrons. The molecule has 1 atom stereocenters. The van der Waals surface area contributed by atoms with Gasteiger partial charge in [0.25, 0.3) is 0 Å².